The van der Waals surface area contributed by atoms with Gasteiger partial charge in [0.25, 0.3) is 0 Å². The maximum atomic E-state index is 6.85. The van der Waals surface area contributed by atoms with Crippen molar-refractivity contribution in [1.82, 2.24) is 24.8 Å². The molecule has 0 spiro atoms. The third-order valence-corrected chi connectivity index (χ3v) is 10.7. The summed E-state index contributed by atoms with van der Waals surface area (Å²) in [6, 6.07) is 22.4. The topological polar surface area (TPSA) is 124 Å². The Morgan fingerprint density at radius 1 is 0.685 bits per heavy atom. The van der Waals surface area contributed by atoms with Crippen molar-refractivity contribution in [3.8, 4) is 45.3 Å². The fourth-order valence-corrected chi connectivity index (χ4v) is 7.72. The third kappa shape index (κ3) is 8.35. The molecule has 54 heavy (non-hydrogen) atoms. The minimum Gasteiger partial charge on any atom is -0.497 e. The molecule has 4 heterocycles. The van der Waals surface area contributed by atoms with Crippen molar-refractivity contribution in [2.75, 3.05) is 57.5 Å². The third-order valence-electron chi connectivity index (χ3n) is 10.7. The van der Waals surface area contributed by atoms with Gasteiger partial charge in [0, 0.05) is 55.0 Å². The summed E-state index contributed by atoms with van der Waals surface area (Å²) in [5.74, 6) is 11.7. The smallest absolute Gasteiger partial charge is 0.240 e. The Morgan fingerprint density at radius 3 is 1.83 bits per heavy atom. The number of benzene rings is 3. The first kappa shape index (κ1) is 36.9. The van der Waals surface area contributed by atoms with Gasteiger partial charge in [0.15, 0.2) is 11.5 Å². The van der Waals surface area contributed by atoms with Crippen LogP contribution in [0.4, 0.5) is 11.9 Å². The fraction of sp³-hybridized carbons (Fsp3) is 0.381. The van der Waals surface area contributed by atoms with Crippen LogP contribution in [0.25, 0.3) is 22.3 Å². The zero-order valence-corrected chi connectivity index (χ0v) is 31.6. The lowest BCUT2D eigenvalue weighted by Gasteiger charge is -2.47. The van der Waals surface area contributed by atoms with E-state index in [0.717, 1.165) is 103 Å². The van der Waals surface area contributed by atoms with Crippen LogP contribution in [0.5, 0.6) is 23.0 Å². The van der Waals surface area contributed by atoms with E-state index in [2.05, 4.69) is 21.9 Å². The molecule has 2 saturated heterocycles. The average Bonchev–Trinajstić information content (AvgIpc) is 3.24. The molecular formula is C42H50N8O4. The lowest BCUT2D eigenvalue weighted by molar-refractivity contribution is 0.148. The first-order valence-electron chi connectivity index (χ1n) is 18.7. The van der Waals surface area contributed by atoms with Crippen molar-refractivity contribution < 1.29 is 18.9 Å². The molecule has 3 aromatic carbocycles. The van der Waals surface area contributed by atoms with E-state index in [-0.39, 0.29) is 12.1 Å². The number of hydrogen-bond acceptors (Lipinski definition) is 12. The number of rotatable bonds is 13. The van der Waals surface area contributed by atoms with E-state index in [1.807, 2.05) is 86.3 Å². The summed E-state index contributed by atoms with van der Waals surface area (Å²) in [5.41, 5.74) is 5.18. The van der Waals surface area contributed by atoms with Crippen molar-refractivity contribution in [3.63, 3.8) is 0 Å². The van der Waals surface area contributed by atoms with Crippen LogP contribution in [0.1, 0.15) is 38.2 Å². The number of nitrogens with zero attached hydrogens (tertiary/aromatic N) is 7. The monoisotopic (exact) mass is 730 g/mol. The van der Waals surface area contributed by atoms with Gasteiger partial charge < -0.3 is 23.8 Å². The molecule has 5 aromatic rings. The van der Waals surface area contributed by atoms with Gasteiger partial charge in [-0.15, -0.1) is 0 Å². The normalized spacial score (nSPS) is 17.9. The van der Waals surface area contributed by atoms with Crippen molar-refractivity contribution in [3.05, 3.63) is 97.1 Å². The Labute approximate surface area is 317 Å². The molecule has 7 rings (SSSR count). The molecule has 2 fully saturated rings. The van der Waals surface area contributed by atoms with Crippen molar-refractivity contribution >= 4 is 11.9 Å². The standard InChI is InChI=1S/C42H50N8O4/c1-5-54-40-22-29(6-15-39(40)53-4)28-48-19-16-32(17-20-48)38-23-35(50(43)42-46-26-34(27-47-42)31-9-13-37(52-3)14-10-31)18-21-49(38)41-44-24-33(25-45-41)30-7-11-36(51-2)12-8-30/h6-15,22,24-27,32,35,38H,5,16-21,23,28,43H2,1-4H3. The second-order valence-electron chi connectivity index (χ2n) is 13.9. The quantitative estimate of drug-likeness (QED) is 0.103. The summed E-state index contributed by atoms with van der Waals surface area (Å²) in [7, 11) is 5.01. The first-order valence-corrected chi connectivity index (χ1v) is 18.7. The maximum Gasteiger partial charge on any atom is 0.240 e. The predicted molar refractivity (Wildman–Crippen MR) is 211 cm³/mol. The average molecular weight is 731 g/mol. The molecule has 2 atom stereocenters. The van der Waals surface area contributed by atoms with Gasteiger partial charge in [-0.1, -0.05) is 30.3 Å². The Morgan fingerprint density at radius 2 is 1.28 bits per heavy atom. The van der Waals surface area contributed by atoms with Crippen LogP contribution in [-0.4, -0.2) is 84.5 Å². The van der Waals surface area contributed by atoms with Crippen molar-refractivity contribution in [1.29, 1.82) is 0 Å². The molecule has 2 aromatic heterocycles. The van der Waals surface area contributed by atoms with E-state index in [1.54, 1.807) is 26.3 Å². The largest absolute Gasteiger partial charge is 0.497 e. The summed E-state index contributed by atoms with van der Waals surface area (Å²) >= 11 is 0. The van der Waals surface area contributed by atoms with Gasteiger partial charge in [-0.25, -0.2) is 25.8 Å². The lowest BCUT2D eigenvalue weighted by Crippen LogP contribution is -2.56. The number of nitrogens with two attached hydrogens (primary N) is 1. The van der Waals surface area contributed by atoms with Crippen LogP contribution in [0.15, 0.2) is 91.5 Å². The summed E-state index contributed by atoms with van der Waals surface area (Å²) in [5, 5.41) is 1.77. The summed E-state index contributed by atoms with van der Waals surface area (Å²) in [4.78, 5) is 24.2. The second kappa shape index (κ2) is 17.1. The van der Waals surface area contributed by atoms with Gasteiger partial charge >= 0.3 is 0 Å². The zero-order chi connectivity index (χ0) is 37.4. The highest BCUT2D eigenvalue weighted by Crippen LogP contribution is 2.36. The summed E-state index contributed by atoms with van der Waals surface area (Å²) < 4.78 is 22.0. The predicted octanol–water partition coefficient (Wildman–Crippen LogP) is 6.66. The number of methoxy groups -OCH3 is 3. The van der Waals surface area contributed by atoms with Crippen LogP contribution in [0.3, 0.4) is 0 Å². The van der Waals surface area contributed by atoms with Gasteiger partial charge in [-0.2, -0.15) is 0 Å². The number of hydrazine groups is 1. The van der Waals surface area contributed by atoms with Gasteiger partial charge in [0.05, 0.1) is 34.0 Å². The molecule has 282 valence electrons. The molecule has 12 heteroatoms. The molecule has 0 bridgehead atoms. The van der Waals surface area contributed by atoms with Gasteiger partial charge in [0.1, 0.15) is 11.5 Å². The van der Waals surface area contributed by atoms with E-state index >= 15 is 0 Å². The Hall–Kier alpha value is -5.46. The number of ether oxygens (including phenoxy) is 4. The van der Waals surface area contributed by atoms with E-state index in [1.165, 1.54) is 5.56 Å². The molecule has 0 saturated carbocycles. The number of likely N-dealkylation sites (tertiary alicyclic amines) is 1. The minimum absolute atomic E-state index is 0.0611. The molecule has 2 aliphatic rings. The molecular weight excluding hydrogens is 681 g/mol. The number of hydrogen-bond donors (Lipinski definition) is 1. The highest BCUT2D eigenvalue weighted by molar-refractivity contribution is 5.64. The number of anilines is 2. The number of piperidine rings is 2. The van der Waals surface area contributed by atoms with Crippen molar-refractivity contribution in [2.45, 2.75) is 51.2 Å². The molecule has 0 radical (unpaired) electrons. The lowest BCUT2D eigenvalue weighted by atomic mass is 9.82. The molecule has 0 aliphatic carbocycles. The van der Waals surface area contributed by atoms with Crippen LogP contribution in [0, 0.1) is 5.92 Å². The zero-order valence-electron chi connectivity index (χ0n) is 31.6. The maximum absolute atomic E-state index is 6.85. The minimum atomic E-state index is 0.0611. The summed E-state index contributed by atoms with van der Waals surface area (Å²) in [6.07, 6.45) is 11.3. The Kier molecular flexibility index (Phi) is 11.7. The first-order chi connectivity index (χ1) is 26.5. The molecule has 2 aliphatic heterocycles. The summed E-state index contributed by atoms with van der Waals surface area (Å²) in [6.45, 7) is 6.22. The van der Waals surface area contributed by atoms with E-state index in [0.29, 0.717) is 18.5 Å². The van der Waals surface area contributed by atoms with E-state index in [4.69, 9.17) is 44.7 Å². The highest BCUT2D eigenvalue weighted by Gasteiger charge is 2.39. The van der Waals surface area contributed by atoms with Gasteiger partial charge in [-0.3, -0.25) is 9.91 Å². The fourth-order valence-electron chi connectivity index (χ4n) is 7.72. The Bertz CT molecular complexity index is 1940. The second-order valence-corrected chi connectivity index (χ2v) is 13.9. The molecule has 12 nitrogen and oxygen atoms in total. The van der Waals surface area contributed by atoms with Crippen LogP contribution < -0.4 is 34.7 Å². The molecule has 2 N–H and O–H groups in total. The van der Waals surface area contributed by atoms with Crippen LogP contribution >= 0.6 is 0 Å². The van der Waals surface area contributed by atoms with Gasteiger partial charge in [-0.05, 0) is 105 Å². The van der Waals surface area contributed by atoms with E-state index in [9.17, 15) is 0 Å². The molecule has 2 unspecified atom stereocenters. The van der Waals surface area contributed by atoms with Crippen LogP contribution in [0.2, 0.25) is 0 Å². The van der Waals surface area contributed by atoms with Crippen LogP contribution in [-0.2, 0) is 6.54 Å². The Balaban J connectivity index is 1.07. The number of aromatic nitrogens is 4. The van der Waals surface area contributed by atoms with Gasteiger partial charge in [0.2, 0.25) is 11.9 Å². The highest BCUT2D eigenvalue weighted by atomic mass is 16.5. The molecule has 0 amide bonds. The van der Waals surface area contributed by atoms with E-state index < -0.39 is 0 Å². The SMILES string of the molecule is CCOc1cc(CN2CCC(C3CC(N(N)c4ncc(-c5ccc(OC)cc5)cn4)CCN3c3ncc(-c4ccc(OC)cc4)cn3)CC2)ccc1OC. The van der Waals surface area contributed by atoms with Crippen molar-refractivity contribution in [2.24, 2.45) is 11.8 Å².